The van der Waals surface area contributed by atoms with Gasteiger partial charge in [-0.2, -0.15) is 0 Å². The summed E-state index contributed by atoms with van der Waals surface area (Å²) in [4.78, 5) is 37.4. The topological polar surface area (TPSA) is 95.9 Å². The molecule has 0 radical (unpaired) electrons. The van der Waals surface area contributed by atoms with Crippen molar-refractivity contribution in [3.8, 4) is 5.75 Å². The number of rotatable bonds is 7. The minimum absolute atomic E-state index is 0.0409. The predicted octanol–water partition coefficient (Wildman–Crippen LogP) is 2.53. The van der Waals surface area contributed by atoms with Crippen LogP contribution in [0.15, 0.2) is 12.1 Å². The Bertz CT molecular complexity index is 713. The van der Waals surface area contributed by atoms with Crippen LogP contribution in [0.25, 0.3) is 0 Å². The number of likely N-dealkylation sites (tertiary alicyclic amines) is 1. The molecule has 0 aromatic heterocycles. The highest BCUT2D eigenvalue weighted by Crippen LogP contribution is 2.25. The van der Waals surface area contributed by atoms with Gasteiger partial charge in [0.25, 0.3) is 5.91 Å². The van der Waals surface area contributed by atoms with Crippen LogP contribution in [0.1, 0.15) is 54.6 Å². The number of amides is 2. The van der Waals surface area contributed by atoms with E-state index in [-0.39, 0.29) is 17.9 Å². The summed E-state index contributed by atoms with van der Waals surface area (Å²) in [5, 5.41) is 11.8. The van der Waals surface area contributed by atoms with Gasteiger partial charge in [-0.15, -0.1) is 0 Å². The van der Waals surface area contributed by atoms with Crippen LogP contribution in [0.3, 0.4) is 0 Å². The van der Waals surface area contributed by atoms with E-state index in [0.29, 0.717) is 36.7 Å². The Morgan fingerprint density at radius 3 is 2.25 bits per heavy atom. The van der Waals surface area contributed by atoms with E-state index in [9.17, 15) is 14.4 Å². The van der Waals surface area contributed by atoms with Gasteiger partial charge < -0.3 is 20.1 Å². The SMILES string of the molecule is Cc1cc(C(=O)NC2CCN(C(=O)CC(C)C)CC2)cc(C)c1OCC(=O)O. The van der Waals surface area contributed by atoms with Crippen molar-refractivity contribution in [2.75, 3.05) is 19.7 Å². The summed E-state index contributed by atoms with van der Waals surface area (Å²) >= 11 is 0. The number of ether oxygens (including phenoxy) is 1. The van der Waals surface area contributed by atoms with E-state index in [2.05, 4.69) is 5.32 Å². The highest BCUT2D eigenvalue weighted by Gasteiger charge is 2.24. The normalized spacial score (nSPS) is 14.8. The molecule has 1 aliphatic rings. The quantitative estimate of drug-likeness (QED) is 0.746. The van der Waals surface area contributed by atoms with Gasteiger partial charge in [-0.3, -0.25) is 9.59 Å². The summed E-state index contributed by atoms with van der Waals surface area (Å²) < 4.78 is 5.31. The summed E-state index contributed by atoms with van der Waals surface area (Å²) in [6, 6.07) is 3.46. The lowest BCUT2D eigenvalue weighted by Crippen LogP contribution is -2.46. The number of aryl methyl sites for hydroxylation is 2. The Balaban J connectivity index is 1.93. The van der Waals surface area contributed by atoms with Gasteiger partial charge in [0.05, 0.1) is 0 Å². The highest BCUT2D eigenvalue weighted by atomic mass is 16.5. The minimum Gasteiger partial charge on any atom is -0.481 e. The maximum Gasteiger partial charge on any atom is 0.341 e. The number of piperidine rings is 1. The van der Waals surface area contributed by atoms with E-state index < -0.39 is 12.6 Å². The lowest BCUT2D eigenvalue weighted by atomic mass is 10.0. The largest absolute Gasteiger partial charge is 0.481 e. The molecule has 1 aromatic rings. The van der Waals surface area contributed by atoms with Gasteiger partial charge in [-0.05, 0) is 55.9 Å². The van der Waals surface area contributed by atoms with E-state index in [1.54, 1.807) is 26.0 Å². The molecule has 0 atom stereocenters. The molecule has 7 nitrogen and oxygen atoms in total. The Labute approximate surface area is 166 Å². The molecule has 1 saturated heterocycles. The molecule has 1 heterocycles. The summed E-state index contributed by atoms with van der Waals surface area (Å²) in [6.07, 6.45) is 2.05. The molecule has 2 N–H and O–H groups in total. The Kier molecular flexibility index (Phi) is 7.43. The van der Waals surface area contributed by atoms with Crippen LogP contribution in [-0.2, 0) is 9.59 Å². The summed E-state index contributed by atoms with van der Waals surface area (Å²) in [5.41, 5.74) is 1.97. The number of carboxylic acids is 1. The zero-order chi connectivity index (χ0) is 20.8. The number of nitrogens with one attached hydrogen (secondary N) is 1. The molecule has 0 spiro atoms. The van der Waals surface area contributed by atoms with Crippen molar-refractivity contribution < 1.29 is 24.2 Å². The molecule has 1 aromatic carbocycles. The fourth-order valence-electron chi connectivity index (χ4n) is 3.46. The molecule has 1 aliphatic heterocycles. The van der Waals surface area contributed by atoms with E-state index >= 15 is 0 Å². The second kappa shape index (κ2) is 9.57. The van der Waals surface area contributed by atoms with E-state index in [1.807, 2.05) is 18.7 Å². The number of carbonyl (C=O) groups excluding carboxylic acids is 2. The van der Waals surface area contributed by atoms with Crippen molar-refractivity contribution in [1.29, 1.82) is 0 Å². The first kappa shape index (κ1) is 21.7. The van der Waals surface area contributed by atoms with Gasteiger partial charge in [-0.25, -0.2) is 4.79 Å². The molecule has 7 heteroatoms. The van der Waals surface area contributed by atoms with Crippen molar-refractivity contribution in [2.24, 2.45) is 5.92 Å². The third-order valence-corrected chi connectivity index (χ3v) is 4.83. The minimum atomic E-state index is -1.04. The molecule has 0 aliphatic carbocycles. The molecule has 0 unspecified atom stereocenters. The number of nitrogens with zero attached hydrogens (tertiary/aromatic N) is 1. The summed E-state index contributed by atoms with van der Waals surface area (Å²) in [5.74, 6) is -0.181. The van der Waals surface area contributed by atoms with Crippen LogP contribution < -0.4 is 10.1 Å². The Morgan fingerprint density at radius 1 is 1.18 bits per heavy atom. The first-order valence-electron chi connectivity index (χ1n) is 9.71. The Morgan fingerprint density at radius 2 is 1.75 bits per heavy atom. The number of benzene rings is 1. The van der Waals surface area contributed by atoms with Crippen molar-refractivity contribution in [3.63, 3.8) is 0 Å². The predicted molar refractivity (Wildman–Crippen MR) is 106 cm³/mol. The smallest absolute Gasteiger partial charge is 0.341 e. The van der Waals surface area contributed by atoms with Gasteiger partial charge in [0, 0.05) is 31.1 Å². The molecule has 0 saturated carbocycles. The average molecular weight is 390 g/mol. The molecule has 0 bridgehead atoms. The highest BCUT2D eigenvalue weighted by molar-refractivity contribution is 5.95. The fourth-order valence-corrected chi connectivity index (χ4v) is 3.46. The first-order chi connectivity index (χ1) is 13.2. The molecule has 1 fully saturated rings. The molecular formula is C21H30N2O5. The van der Waals surface area contributed by atoms with Crippen molar-refractivity contribution in [3.05, 3.63) is 28.8 Å². The lowest BCUT2D eigenvalue weighted by molar-refractivity contribution is -0.139. The van der Waals surface area contributed by atoms with Crippen LogP contribution in [0.5, 0.6) is 5.75 Å². The van der Waals surface area contributed by atoms with E-state index in [0.717, 1.165) is 24.0 Å². The van der Waals surface area contributed by atoms with Gasteiger partial charge in [0.2, 0.25) is 5.91 Å². The van der Waals surface area contributed by atoms with Crippen LogP contribution in [-0.4, -0.2) is 53.5 Å². The van der Waals surface area contributed by atoms with Gasteiger partial charge >= 0.3 is 5.97 Å². The first-order valence-corrected chi connectivity index (χ1v) is 9.71. The molecule has 2 rings (SSSR count). The summed E-state index contributed by atoms with van der Waals surface area (Å²) in [6.45, 7) is 8.56. The van der Waals surface area contributed by atoms with Crippen molar-refractivity contribution in [2.45, 2.75) is 53.0 Å². The average Bonchev–Trinajstić information content (AvgIpc) is 2.60. The monoisotopic (exact) mass is 390 g/mol. The second-order valence-corrected chi connectivity index (χ2v) is 7.85. The van der Waals surface area contributed by atoms with Crippen LogP contribution in [0.4, 0.5) is 0 Å². The maximum absolute atomic E-state index is 12.6. The van der Waals surface area contributed by atoms with E-state index in [1.165, 1.54) is 0 Å². The number of hydrogen-bond acceptors (Lipinski definition) is 4. The maximum atomic E-state index is 12.6. The van der Waals surface area contributed by atoms with Crippen molar-refractivity contribution in [1.82, 2.24) is 10.2 Å². The fraction of sp³-hybridized carbons (Fsp3) is 0.571. The zero-order valence-corrected chi connectivity index (χ0v) is 17.1. The zero-order valence-electron chi connectivity index (χ0n) is 17.1. The second-order valence-electron chi connectivity index (χ2n) is 7.85. The lowest BCUT2D eigenvalue weighted by Gasteiger charge is -2.33. The number of aliphatic carboxylic acids is 1. The van der Waals surface area contributed by atoms with Gasteiger partial charge in [0.1, 0.15) is 5.75 Å². The molecule has 154 valence electrons. The Hall–Kier alpha value is -2.57. The molecular weight excluding hydrogens is 360 g/mol. The summed E-state index contributed by atoms with van der Waals surface area (Å²) in [7, 11) is 0. The van der Waals surface area contributed by atoms with Gasteiger partial charge in [-0.1, -0.05) is 13.8 Å². The van der Waals surface area contributed by atoms with Crippen LogP contribution in [0.2, 0.25) is 0 Å². The van der Waals surface area contributed by atoms with Gasteiger partial charge in [0.15, 0.2) is 6.61 Å². The number of carboxylic acid groups (broad SMARTS) is 1. The van der Waals surface area contributed by atoms with E-state index in [4.69, 9.17) is 9.84 Å². The third-order valence-electron chi connectivity index (χ3n) is 4.83. The molecule has 2 amide bonds. The molecule has 28 heavy (non-hydrogen) atoms. The number of carbonyl (C=O) groups is 3. The number of hydrogen-bond donors (Lipinski definition) is 2. The van der Waals surface area contributed by atoms with Crippen molar-refractivity contribution >= 4 is 17.8 Å². The van der Waals surface area contributed by atoms with Crippen LogP contribution >= 0.6 is 0 Å². The van der Waals surface area contributed by atoms with Crippen LogP contribution in [0, 0.1) is 19.8 Å². The third kappa shape index (κ3) is 5.97. The standard InChI is InChI=1S/C21H30N2O5/c1-13(2)9-18(24)23-7-5-17(6-8-23)22-21(27)16-10-14(3)20(15(4)11-16)28-12-19(25)26/h10-11,13,17H,5-9,12H2,1-4H3,(H,22,27)(H,25,26).